The number of hydrogen-bond acceptors (Lipinski definition) is 2. The Morgan fingerprint density at radius 1 is 1.23 bits per heavy atom. The molecule has 0 fully saturated rings. The van der Waals surface area contributed by atoms with Gasteiger partial charge in [0.25, 0.3) is 0 Å². The molecule has 0 radical (unpaired) electrons. The summed E-state index contributed by atoms with van der Waals surface area (Å²) < 4.78 is 6.06. The summed E-state index contributed by atoms with van der Waals surface area (Å²) in [5.41, 5.74) is 1.72. The molecule has 1 aromatic heterocycles. The van der Waals surface area contributed by atoms with E-state index < -0.39 is 0 Å². The van der Waals surface area contributed by atoms with Crippen LogP contribution in [0.15, 0.2) is 61.3 Å². The Morgan fingerprint density at radius 3 is 2.55 bits per heavy atom. The van der Waals surface area contributed by atoms with Crippen LogP contribution in [0.3, 0.4) is 0 Å². The summed E-state index contributed by atoms with van der Waals surface area (Å²) in [6.45, 7) is 8.28. The molecule has 0 spiro atoms. The van der Waals surface area contributed by atoms with Crippen LogP contribution in [0.4, 0.5) is 0 Å². The maximum atomic E-state index is 12.5. The lowest BCUT2D eigenvalue weighted by molar-refractivity contribution is -0.0111. The van der Waals surface area contributed by atoms with Crippen molar-refractivity contribution in [2.45, 2.75) is 26.6 Å². The minimum atomic E-state index is -0.240. The Hall–Kier alpha value is -2.13. The number of H-pyrrole nitrogens is 1. The van der Waals surface area contributed by atoms with Crippen LogP contribution in [0.25, 0.3) is 0 Å². The van der Waals surface area contributed by atoms with E-state index in [2.05, 4.69) is 11.6 Å². The van der Waals surface area contributed by atoms with E-state index in [0.29, 0.717) is 12.3 Å². The van der Waals surface area contributed by atoms with E-state index >= 15 is 0 Å². The Labute approximate surface area is 132 Å². The van der Waals surface area contributed by atoms with Gasteiger partial charge in [0.05, 0.1) is 18.4 Å². The summed E-state index contributed by atoms with van der Waals surface area (Å²) in [4.78, 5) is 15.5. The molecule has 3 heteroatoms. The molecule has 2 aromatic rings. The van der Waals surface area contributed by atoms with E-state index in [1.165, 1.54) is 0 Å². The summed E-state index contributed by atoms with van der Waals surface area (Å²) in [5.74, 6) is -0.0789. The molecule has 0 saturated heterocycles. The summed E-state index contributed by atoms with van der Waals surface area (Å²) in [6, 6.07) is 13.6. The molecule has 116 valence electrons. The largest absolute Gasteiger partial charge is 0.372 e. The molecule has 3 atom stereocenters. The second-order valence-corrected chi connectivity index (χ2v) is 5.59. The summed E-state index contributed by atoms with van der Waals surface area (Å²) in [7, 11) is 0. The predicted molar refractivity (Wildman–Crippen MR) is 88.7 cm³/mol. The van der Waals surface area contributed by atoms with Crippen LogP contribution < -0.4 is 0 Å². The quantitative estimate of drug-likeness (QED) is 0.585. The van der Waals surface area contributed by atoms with Crippen LogP contribution in [0, 0.1) is 11.8 Å². The van der Waals surface area contributed by atoms with E-state index in [-0.39, 0.29) is 23.7 Å². The molecule has 0 bridgehead atoms. The maximum absolute atomic E-state index is 12.5. The van der Waals surface area contributed by atoms with E-state index in [1.807, 2.05) is 56.3 Å². The number of benzene rings is 1. The number of carbonyl (C=O) groups is 1. The summed E-state index contributed by atoms with van der Waals surface area (Å²) in [6.07, 6.45) is 3.40. The molecule has 1 N–H and O–H groups in total. The van der Waals surface area contributed by atoms with Gasteiger partial charge in [-0.15, -0.1) is 6.58 Å². The lowest BCUT2D eigenvalue weighted by atomic mass is 9.89. The minimum Gasteiger partial charge on any atom is -0.372 e. The zero-order chi connectivity index (χ0) is 15.9. The van der Waals surface area contributed by atoms with E-state index in [4.69, 9.17) is 4.74 Å². The number of aromatic amines is 1. The van der Waals surface area contributed by atoms with Crippen LogP contribution in [0.5, 0.6) is 0 Å². The fourth-order valence-corrected chi connectivity index (χ4v) is 2.53. The van der Waals surface area contributed by atoms with Gasteiger partial charge in [0.2, 0.25) is 0 Å². The van der Waals surface area contributed by atoms with Gasteiger partial charge in [-0.05, 0) is 17.7 Å². The molecule has 0 aliphatic rings. The number of carbonyl (C=O) groups excluding carboxylic acids is 1. The summed E-state index contributed by atoms with van der Waals surface area (Å²) in [5, 5.41) is 0. The smallest absolute Gasteiger partial charge is 0.184 e. The first-order valence-corrected chi connectivity index (χ1v) is 7.59. The molecular formula is C19H23NO2. The third-order valence-electron chi connectivity index (χ3n) is 3.95. The van der Waals surface area contributed by atoms with Gasteiger partial charge in [-0.3, -0.25) is 4.79 Å². The highest BCUT2D eigenvalue weighted by molar-refractivity contribution is 5.96. The van der Waals surface area contributed by atoms with Gasteiger partial charge in [-0.1, -0.05) is 50.3 Å². The Balaban J connectivity index is 2.08. The van der Waals surface area contributed by atoms with E-state index in [0.717, 1.165) is 5.56 Å². The van der Waals surface area contributed by atoms with Crippen molar-refractivity contribution in [2.75, 3.05) is 0 Å². The average molecular weight is 297 g/mol. The third-order valence-corrected chi connectivity index (χ3v) is 3.95. The first-order chi connectivity index (χ1) is 10.6. The third kappa shape index (κ3) is 3.95. The number of nitrogens with one attached hydrogen (secondary N) is 1. The van der Waals surface area contributed by atoms with Crippen molar-refractivity contribution in [1.29, 1.82) is 0 Å². The van der Waals surface area contributed by atoms with Gasteiger partial charge < -0.3 is 9.72 Å². The topological polar surface area (TPSA) is 42.1 Å². The lowest BCUT2D eigenvalue weighted by Crippen LogP contribution is -2.33. The van der Waals surface area contributed by atoms with Crippen molar-refractivity contribution < 1.29 is 9.53 Å². The maximum Gasteiger partial charge on any atom is 0.184 e. The number of ether oxygens (including phenoxy) is 1. The van der Waals surface area contributed by atoms with Crippen molar-refractivity contribution in [3.05, 3.63) is 72.6 Å². The van der Waals surface area contributed by atoms with Gasteiger partial charge in [0, 0.05) is 18.0 Å². The van der Waals surface area contributed by atoms with Crippen LogP contribution in [-0.2, 0) is 11.3 Å². The predicted octanol–water partition coefficient (Wildman–Crippen LogP) is 4.24. The number of aromatic nitrogens is 1. The minimum absolute atomic E-state index is 0.0664. The van der Waals surface area contributed by atoms with Crippen molar-refractivity contribution in [2.24, 2.45) is 11.8 Å². The normalized spacial score (nSPS) is 15.0. The van der Waals surface area contributed by atoms with Crippen LogP contribution >= 0.6 is 0 Å². The number of ketones is 1. The molecule has 2 rings (SSSR count). The standard InChI is InChI=1S/C19H23NO2/c1-4-14(2)19(22-13-16-9-6-5-7-10-16)15(3)18(21)17-11-8-12-20-17/h4-12,14-15,19-20H,1,13H2,2-3H3/t14-,15-,19+/m1/s1. The Morgan fingerprint density at radius 2 is 1.95 bits per heavy atom. The van der Waals surface area contributed by atoms with Gasteiger partial charge in [-0.2, -0.15) is 0 Å². The molecule has 0 unspecified atom stereocenters. The van der Waals surface area contributed by atoms with Crippen molar-refractivity contribution in [1.82, 2.24) is 4.98 Å². The molecule has 0 aliphatic heterocycles. The molecular weight excluding hydrogens is 274 g/mol. The Kier molecular flexibility index (Phi) is 5.73. The van der Waals surface area contributed by atoms with Crippen LogP contribution in [0.1, 0.15) is 29.9 Å². The monoisotopic (exact) mass is 297 g/mol. The molecule has 3 nitrogen and oxygen atoms in total. The highest BCUT2D eigenvalue weighted by Gasteiger charge is 2.29. The van der Waals surface area contributed by atoms with E-state index in [1.54, 1.807) is 12.3 Å². The molecule has 0 amide bonds. The van der Waals surface area contributed by atoms with Crippen LogP contribution in [-0.4, -0.2) is 16.9 Å². The number of hydrogen-bond donors (Lipinski definition) is 1. The number of rotatable bonds is 8. The Bertz CT molecular complexity index is 589. The molecule has 0 aliphatic carbocycles. The molecule has 1 aromatic carbocycles. The van der Waals surface area contributed by atoms with Crippen molar-refractivity contribution in [3.8, 4) is 0 Å². The average Bonchev–Trinajstić information content (AvgIpc) is 3.09. The van der Waals surface area contributed by atoms with E-state index in [9.17, 15) is 4.79 Å². The molecule has 1 heterocycles. The first kappa shape index (κ1) is 16.2. The van der Waals surface area contributed by atoms with Crippen molar-refractivity contribution in [3.63, 3.8) is 0 Å². The fraction of sp³-hybridized carbons (Fsp3) is 0.316. The zero-order valence-electron chi connectivity index (χ0n) is 13.2. The van der Waals surface area contributed by atoms with Gasteiger partial charge in [0.1, 0.15) is 0 Å². The van der Waals surface area contributed by atoms with Gasteiger partial charge in [-0.25, -0.2) is 0 Å². The highest BCUT2D eigenvalue weighted by Crippen LogP contribution is 2.23. The molecule has 22 heavy (non-hydrogen) atoms. The van der Waals surface area contributed by atoms with Crippen LogP contribution in [0.2, 0.25) is 0 Å². The lowest BCUT2D eigenvalue weighted by Gasteiger charge is -2.27. The number of Topliss-reactive ketones (excluding diaryl/α,β-unsaturated/α-hetero) is 1. The fourth-order valence-electron chi connectivity index (χ4n) is 2.53. The molecule has 0 saturated carbocycles. The van der Waals surface area contributed by atoms with Gasteiger partial charge >= 0.3 is 0 Å². The zero-order valence-corrected chi connectivity index (χ0v) is 13.2. The first-order valence-electron chi connectivity index (χ1n) is 7.59. The highest BCUT2D eigenvalue weighted by atomic mass is 16.5. The van der Waals surface area contributed by atoms with Gasteiger partial charge in [0.15, 0.2) is 5.78 Å². The SMILES string of the molecule is C=C[C@@H](C)[C@H](OCc1ccccc1)[C@H](C)C(=O)c1ccc[nH]1. The second kappa shape index (κ2) is 7.76. The second-order valence-electron chi connectivity index (χ2n) is 5.59. The summed E-state index contributed by atoms with van der Waals surface area (Å²) >= 11 is 0. The van der Waals surface area contributed by atoms with Crippen molar-refractivity contribution >= 4 is 5.78 Å².